The van der Waals surface area contributed by atoms with Gasteiger partial charge in [0.25, 0.3) is 0 Å². The van der Waals surface area contributed by atoms with Crippen molar-refractivity contribution in [1.82, 2.24) is 30.0 Å². The van der Waals surface area contributed by atoms with Crippen molar-refractivity contribution in [1.29, 1.82) is 0 Å². The van der Waals surface area contributed by atoms with Gasteiger partial charge in [0.15, 0.2) is 10.8 Å². The Morgan fingerprint density at radius 2 is 2.08 bits per heavy atom. The first kappa shape index (κ1) is 15.3. The van der Waals surface area contributed by atoms with E-state index in [-0.39, 0.29) is 0 Å². The fraction of sp³-hybridized carbons (Fsp3) is 0.250. The summed E-state index contributed by atoms with van der Waals surface area (Å²) >= 11 is 3.37. The number of H-pyrrole nitrogens is 1. The highest BCUT2D eigenvalue weighted by Gasteiger charge is 2.15. The van der Waals surface area contributed by atoms with E-state index in [0.717, 1.165) is 50.7 Å². The first-order valence-corrected chi connectivity index (χ1v) is 9.72. The van der Waals surface area contributed by atoms with Gasteiger partial charge in [-0.2, -0.15) is 26.5 Å². The van der Waals surface area contributed by atoms with E-state index in [2.05, 4.69) is 32.4 Å². The van der Waals surface area contributed by atoms with Crippen LogP contribution in [-0.4, -0.2) is 35.8 Å². The molecule has 0 aliphatic carbocycles. The number of fused-ring (bicyclic) bond motifs is 1. The van der Waals surface area contributed by atoms with Gasteiger partial charge in [-0.05, 0) is 18.2 Å². The largest absolute Gasteiger partial charge is 0.275 e. The number of hydrogen-bond donors (Lipinski definition) is 1. The fourth-order valence-corrected chi connectivity index (χ4v) is 3.97. The summed E-state index contributed by atoms with van der Waals surface area (Å²) in [6, 6.07) is 12.1. The van der Waals surface area contributed by atoms with E-state index in [0.29, 0.717) is 0 Å². The topological polar surface area (TPSA) is 71.8 Å². The van der Waals surface area contributed by atoms with Crippen LogP contribution >= 0.6 is 23.1 Å². The first-order valence-electron chi connectivity index (χ1n) is 7.75. The van der Waals surface area contributed by atoms with Crippen molar-refractivity contribution in [3.63, 3.8) is 0 Å². The van der Waals surface area contributed by atoms with Gasteiger partial charge in [0.1, 0.15) is 0 Å². The van der Waals surface area contributed by atoms with Crippen LogP contribution in [0.1, 0.15) is 19.2 Å². The van der Waals surface area contributed by atoms with E-state index < -0.39 is 0 Å². The molecule has 0 atom stereocenters. The van der Waals surface area contributed by atoms with Gasteiger partial charge in [-0.3, -0.25) is 5.10 Å². The Morgan fingerprint density at radius 3 is 2.92 bits per heavy atom. The summed E-state index contributed by atoms with van der Waals surface area (Å²) in [6.45, 7) is 2.18. The van der Waals surface area contributed by atoms with Gasteiger partial charge in [0, 0.05) is 5.56 Å². The van der Waals surface area contributed by atoms with Crippen LogP contribution in [0.15, 0.2) is 36.4 Å². The normalized spacial score (nSPS) is 11.4. The number of benzene rings is 1. The summed E-state index contributed by atoms with van der Waals surface area (Å²) in [5, 5.41) is 21.5. The van der Waals surface area contributed by atoms with Gasteiger partial charge < -0.3 is 0 Å². The standard InChI is InChI=1S/C16H16N6S2/c1-2-8-23-10-14-19-20-16-22(14)21-15(24-16)13-9-12(17-18-13)11-6-4-3-5-7-11/h3-7,9H,2,8,10H2,1H3,(H,17,18). The molecule has 0 saturated carbocycles. The van der Waals surface area contributed by atoms with E-state index in [1.165, 1.54) is 11.3 Å². The smallest absolute Gasteiger partial charge is 0.235 e. The minimum Gasteiger partial charge on any atom is -0.275 e. The molecule has 0 amide bonds. The zero-order valence-electron chi connectivity index (χ0n) is 13.1. The molecule has 0 saturated heterocycles. The number of aromatic amines is 1. The molecule has 3 heterocycles. The van der Waals surface area contributed by atoms with Crippen molar-refractivity contribution in [2.75, 3.05) is 5.75 Å². The van der Waals surface area contributed by atoms with Gasteiger partial charge in [0.05, 0.1) is 17.1 Å². The average Bonchev–Trinajstić information content (AvgIpc) is 3.32. The molecule has 0 aliphatic heterocycles. The van der Waals surface area contributed by atoms with E-state index in [1.807, 2.05) is 52.7 Å². The van der Waals surface area contributed by atoms with Crippen LogP contribution in [0.3, 0.4) is 0 Å². The molecule has 0 radical (unpaired) electrons. The van der Waals surface area contributed by atoms with E-state index in [4.69, 9.17) is 0 Å². The molecule has 6 nitrogen and oxygen atoms in total. The summed E-state index contributed by atoms with van der Waals surface area (Å²) in [5.74, 6) is 2.84. The Hall–Kier alpha value is -2.19. The molecule has 1 aromatic carbocycles. The van der Waals surface area contributed by atoms with E-state index in [9.17, 15) is 0 Å². The molecule has 1 N–H and O–H groups in total. The third kappa shape index (κ3) is 2.94. The van der Waals surface area contributed by atoms with Crippen LogP contribution in [0.5, 0.6) is 0 Å². The molecule has 4 aromatic rings. The molecule has 0 fully saturated rings. The first-order chi connectivity index (χ1) is 11.8. The fourth-order valence-electron chi connectivity index (χ4n) is 2.35. The molecule has 0 bridgehead atoms. The summed E-state index contributed by atoms with van der Waals surface area (Å²) in [4.78, 5) is 0.813. The second-order valence-corrected chi connectivity index (χ2v) is 7.36. The third-order valence-corrected chi connectivity index (χ3v) is 5.60. The maximum atomic E-state index is 4.65. The molecule has 0 spiro atoms. The summed E-state index contributed by atoms with van der Waals surface area (Å²) in [5.41, 5.74) is 2.89. The lowest BCUT2D eigenvalue weighted by molar-refractivity contribution is 0.884. The average molecular weight is 356 g/mol. The SMILES string of the molecule is CCCSCc1nnc2sc(-c3cc(-c4ccccc4)n[nH]3)nn12. The lowest BCUT2D eigenvalue weighted by atomic mass is 10.1. The Morgan fingerprint density at radius 1 is 1.21 bits per heavy atom. The third-order valence-electron chi connectivity index (χ3n) is 3.51. The number of nitrogens with zero attached hydrogens (tertiary/aromatic N) is 5. The van der Waals surface area contributed by atoms with Gasteiger partial charge in [-0.15, -0.1) is 10.2 Å². The van der Waals surface area contributed by atoms with Crippen molar-refractivity contribution in [3.8, 4) is 22.0 Å². The Labute approximate surface area is 147 Å². The van der Waals surface area contributed by atoms with Crippen molar-refractivity contribution >= 4 is 28.1 Å². The molecule has 4 rings (SSSR count). The second kappa shape index (κ2) is 6.74. The van der Waals surface area contributed by atoms with Gasteiger partial charge in [-0.25, -0.2) is 0 Å². The maximum absolute atomic E-state index is 4.65. The highest BCUT2D eigenvalue weighted by molar-refractivity contribution is 7.98. The predicted molar refractivity (Wildman–Crippen MR) is 98.1 cm³/mol. The minimum absolute atomic E-state index is 0.813. The number of aromatic nitrogens is 6. The summed E-state index contributed by atoms with van der Waals surface area (Å²) < 4.78 is 1.84. The highest BCUT2D eigenvalue weighted by atomic mass is 32.2. The zero-order chi connectivity index (χ0) is 16.4. The van der Waals surface area contributed by atoms with Crippen LogP contribution in [0.2, 0.25) is 0 Å². The van der Waals surface area contributed by atoms with Gasteiger partial charge in [-0.1, -0.05) is 48.6 Å². The minimum atomic E-state index is 0.813. The Bertz CT molecular complexity index is 940. The van der Waals surface area contributed by atoms with E-state index >= 15 is 0 Å². The lowest BCUT2D eigenvalue weighted by Gasteiger charge is -1.95. The van der Waals surface area contributed by atoms with Crippen LogP contribution in [0, 0.1) is 0 Å². The van der Waals surface area contributed by atoms with Crippen molar-refractivity contribution < 1.29 is 0 Å². The Balaban J connectivity index is 1.62. The van der Waals surface area contributed by atoms with Crippen molar-refractivity contribution in [2.45, 2.75) is 19.1 Å². The summed E-state index contributed by atoms with van der Waals surface area (Å²) in [7, 11) is 0. The summed E-state index contributed by atoms with van der Waals surface area (Å²) in [6.07, 6.45) is 1.16. The quantitative estimate of drug-likeness (QED) is 0.531. The molecule has 122 valence electrons. The van der Waals surface area contributed by atoms with Crippen LogP contribution in [0.25, 0.3) is 26.9 Å². The highest BCUT2D eigenvalue weighted by Crippen LogP contribution is 2.27. The van der Waals surface area contributed by atoms with Crippen LogP contribution < -0.4 is 0 Å². The maximum Gasteiger partial charge on any atom is 0.235 e. The van der Waals surface area contributed by atoms with E-state index in [1.54, 1.807) is 0 Å². The number of nitrogens with one attached hydrogen (secondary N) is 1. The second-order valence-electron chi connectivity index (χ2n) is 5.30. The van der Waals surface area contributed by atoms with Crippen molar-refractivity contribution in [2.24, 2.45) is 0 Å². The van der Waals surface area contributed by atoms with Gasteiger partial charge >= 0.3 is 0 Å². The number of rotatable bonds is 6. The lowest BCUT2D eigenvalue weighted by Crippen LogP contribution is -1.94. The predicted octanol–water partition coefficient (Wildman–Crippen LogP) is 3.89. The molecule has 3 aromatic heterocycles. The number of hydrogen-bond acceptors (Lipinski definition) is 6. The molecule has 0 unspecified atom stereocenters. The molecular weight excluding hydrogens is 340 g/mol. The molecular formula is C16H16N6S2. The molecule has 24 heavy (non-hydrogen) atoms. The van der Waals surface area contributed by atoms with Crippen LogP contribution in [0.4, 0.5) is 0 Å². The monoisotopic (exact) mass is 356 g/mol. The zero-order valence-corrected chi connectivity index (χ0v) is 14.8. The molecule has 8 heteroatoms. The van der Waals surface area contributed by atoms with Gasteiger partial charge in [0.2, 0.25) is 4.96 Å². The molecule has 0 aliphatic rings. The Kier molecular flexibility index (Phi) is 4.31. The van der Waals surface area contributed by atoms with Crippen LogP contribution in [-0.2, 0) is 5.75 Å². The number of thioether (sulfide) groups is 1. The van der Waals surface area contributed by atoms with Crippen molar-refractivity contribution in [3.05, 3.63) is 42.2 Å².